The van der Waals surface area contributed by atoms with Crippen molar-refractivity contribution in [3.63, 3.8) is 0 Å². The quantitative estimate of drug-likeness (QED) is 0.678. The molecule has 162 valence electrons. The number of amides is 1. The number of hydrogen-bond acceptors (Lipinski definition) is 6. The van der Waals surface area contributed by atoms with E-state index in [4.69, 9.17) is 14.2 Å². The lowest BCUT2D eigenvalue weighted by atomic mass is 9.72. The summed E-state index contributed by atoms with van der Waals surface area (Å²) < 4.78 is 15.5. The van der Waals surface area contributed by atoms with Crippen molar-refractivity contribution >= 4 is 28.2 Å². The highest BCUT2D eigenvalue weighted by molar-refractivity contribution is 7.17. The van der Waals surface area contributed by atoms with Crippen molar-refractivity contribution < 1.29 is 23.8 Å². The second kappa shape index (κ2) is 8.68. The molecule has 0 radical (unpaired) electrons. The van der Waals surface area contributed by atoms with Gasteiger partial charge in [-0.3, -0.25) is 4.79 Å². The van der Waals surface area contributed by atoms with Crippen LogP contribution >= 0.6 is 11.3 Å². The van der Waals surface area contributed by atoms with Crippen LogP contribution in [-0.2, 0) is 17.6 Å². The summed E-state index contributed by atoms with van der Waals surface area (Å²) in [5.74, 6) is 0.821. The van der Waals surface area contributed by atoms with Crippen molar-refractivity contribution in [2.45, 2.75) is 40.0 Å². The number of carbonyl (C=O) groups is 2. The number of benzene rings is 1. The van der Waals surface area contributed by atoms with Crippen molar-refractivity contribution in [1.82, 2.24) is 0 Å². The maximum absolute atomic E-state index is 13.0. The van der Waals surface area contributed by atoms with Gasteiger partial charge in [0.15, 0.2) is 0 Å². The molecule has 1 amide bonds. The van der Waals surface area contributed by atoms with Crippen molar-refractivity contribution in [3.05, 3.63) is 39.8 Å². The highest BCUT2D eigenvalue weighted by Crippen LogP contribution is 2.44. The molecule has 0 spiro atoms. The summed E-state index contributed by atoms with van der Waals surface area (Å²) in [4.78, 5) is 26.7. The molecule has 1 aliphatic rings. The number of ether oxygens (including phenoxy) is 3. The van der Waals surface area contributed by atoms with E-state index in [0.717, 1.165) is 29.7 Å². The molecule has 30 heavy (non-hydrogen) atoms. The summed E-state index contributed by atoms with van der Waals surface area (Å²) in [7, 11) is 4.43. The summed E-state index contributed by atoms with van der Waals surface area (Å²) in [6.45, 7) is 6.74. The van der Waals surface area contributed by atoms with Crippen molar-refractivity contribution in [3.8, 4) is 11.5 Å². The summed E-state index contributed by atoms with van der Waals surface area (Å²) in [5.41, 5.74) is 2.06. The maximum atomic E-state index is 13.0. The third-order valence-corrected chi connectivity index (χ3v) is 6.89. The summed E-state index contributed by atoms with van der Waals surface area (Å²) >= 11 is 1.47. The smallest absolute Gasteiger partial charge is 0.341 e. The van der Waals surface area contributed by atoms with Crippen LogP contribution in [0.25, 0.3) is 0 Å². The molecule has 1 aromatic heterocycles. The lowest BCUT2D eigenvalue weighted by molar-refractivity contribution is 0.0600. The van der Waals surface area contributed by atoms with Gasteiger partial charge in [-0.15, -0.1) is 11.3 Å². The Labute approximate surface area is 181 Å². The minimum atomic E-state index is -0.416. The third-order valence-electron chi connectivity index (χ3n) is 5.72. The van der Waals surface area contributed by atoms with Crippen LogP contribution in [0.3, 0.4) is 0 Å². The van der Waals surface area contributed by atoms with E-state index in [0.29, 0.717) is 33.5 Å². The Morgan fingerprint density at radius 3 is 2.23 bits per heavy atom. The lowest BCUT2D eigenvalue weighted by Crippen LogP contribution is -2.26. The first kappa shape index (κ1) is 22.2. The van der Waals surface area contributed by atoms with Crippen LogP contribution in [0.1, 0.15) is 58.3 Å². The molecule has 0 fully saturated rings. The van der Waals surface area contributed by atoms with E-state index in [9.17, 15) is 9.59 Å². The largest absolute Gasteiger partial charge is 0.497 e. The molecule has 7 heteroatoms. The zero-order valence-corrected chi connectivity index (χ0v) is 19.2. The van der Waals surface area contributed by atoms with Gasteiger partial charge in [0.2, 0.25) is 0 Å². The average molecular weight is 432 g/mol. The van der Waals surface area contributed by atoms with Crippen molar-refractivity contribution in [2.75, 3.05) is 26.6 Å². The number of hydrogen-bond donors (Lipinski definition) is 1. The number of nitrogens with one attached hydrogen (secondary N) is 1. The minimum absolute atomic E-state index is 0.188. The molecule has 1 heterocycles. The predicted molar refractivity (Wildman–Crippen MR) is 118 cm³/mol. The SMILES string of the molecule is COC(=O)c1c(NC(=O)c2cc(OC)cc(OC)c2)sc2c1CC[C@@H](C(C)(C)C)C2. The first-order chi connectivity index (χ1) is 14.2. The van der Waals surface area contributed by atoms with Gasteiger partial charge in [0.05, 0.1) is 26.9 Å². The molecule has 0 aliphatic heterocycles. The highest BCUT2D eigenvalue weighted by Gasteiger charge is 2.34. The fourth-order valence-electron chi connectivity index (χ4n) is 3.84. The molecule has 0 bridgehead atoms. The topological polar surface area (TPSA) is 73.9 Å². The fourth-order valence-corrected chi connectivity index (χ4v) is 5.16. The van der Waals surface area contributed by atoms with Gasteiger partial charge < -0.3 is 19.5 Å². The first-order valence-electron chi connectivity index (χ1n) is 9.95. The molecular weight excluding hydrogens is 402 g/mol. The van der Waals surface area contributed by atoms with Gasteiger partial charge in [0, 0.05) is 16.5 Å². The van der Waals surface area contributed by atoms with E-state index in [2.05, 4.69) is 26.1 Å². The molecular formula is C23H29NO5S. The average Bonchev–Trinajstić information content (AvgIpc) is 3.08. The van der Waals surface area contributed by atoms with E-state index < -0.39 is 5.97 Å². The third kappa shape index (κ3) is 4.46. The van der Waals surface area contributed by atoms with Crippen molar-refractivity contribution in [2.24, 2.45) is 11.3 Å². The number of esters is 1. The van der Waals surface area contributed by atoms with E-state index in [-0.39, 0.29) is 11.3 Å². The zero-order chi connectivity index (χ0) is 22.1. The van der Waals surface area contributed by atoms with E-state index >= 15 is 0 Å². The van der Waals surface area contributed by atoms with Crippen LogP contribution in [-0.4, -0.2) is 33.2 Å². The van der Waals surface area contributed by atoms with Gasteiger partial charge in [-0.1, -0.05) is 20.8 Å². The second-order valence-electron chi connectivity index (χ2n) is 8.56. The Morgan fingerprint density at radius 1 is 1.07 bits per heavy atom. The summed E-state index contributed by atoms with van der Waals surface area (Å²) in [6, 6.07) is 4.98. The number of carbonyl (C=O) groups excluding carboxylic acids is 2. The van der Waals surface area contributed by atoms with Crippen LogP contribution in [0.4, 0.5) is 5.00 Å². The normalized spacial score (nSPS) is 15.9. The van der Waals surface area contributed by atoms with Crippen LogP contribution in [0, 0.1) is 11.3 Å². The van der Waals surface area contributed by atoms with E-state index in [1.54, 1.807) is 18.2 Å². The van der Waals surface area contributed by atoms with Gasteiger partial charge in [-0.25, -0.2) is 4.79 Å². The molecule has 6 nitrogen and oxygen atoms in total. The summed E-state index contributed by atoms with van der Waals surface area (Å²) in [6.07, 6.45) is 2.72. The Balaban J connectivity index is 1.95. The minimum Gasteiger partial charge on any atom is -0.497 e. The Morgan fingerprint density at radius 2 is 1.70 bits per heavy atom. The molecule has 1 atom stereocenters. The summed E-state index contributed by atoms with van der Waals surface area (Å²) in [5, 5.41) is 3.46. The van der Waals surface area contributed by atoms with Crippen molar-refractivity contribution in [1.29, 1.82) is 0 Å². The standard InChI is InChI=1S/C23H29NO5S/c1-23(2,3)14-7-8-17-18(11-14)30-21(19(17)22(26)29-6)24-20(25)13-9-15(27-4)12-16(10-13)28-5/h9-10,12,14H,7-8,11H2,1-6H3,(H,24,25)/t14-/m1/s1. The predicted octanol–water partition coefficient (Wildman–Crippen LogP) is 4.96. The molecule has 3 rings (SSSR count). The van der Waals surface area contributed by atoms with E-state index in [1.165, 1.54) is 32.7 Å². The molecule has 1 N–H and O–H groups in total. The maximum Gasteiger partial charge on any atom is 0.341 e. The van der Waals surface area contributed by atoms with Gasteiger partial charge in [0.25, 0.3) is 5.91 Å². The lowest BCUT2D eigenvalue weighted by Gasteiger charge is -2.33. The monoisotopic (exact) mass is 431 g/mol. The molecule has 1 aromatic carbocycles. The number of rotatable bonds is 5. The molecule has 0 saturated heterocycles. The Hall–Kier alpha value is -2.54. The molecule has 0 unspecified atom stereocenters. The van der Waals surface area contributed by atoms with Gasteiger partial charge in [0.1, 0.15) is 16.5 Å². The number of thiophene rings is 1. The van der Waals surface area contributed by atoms with Gasteiger partial charge >= 0.3 is 5.97 Å². The van der Waals surface area contributed by atoms with Crippen LogP contribution in [0.5, 0.6) is 11.5 Å². The number of fused-ring (bicyclic) bond motifs is 1. The highest BCUT2D eigenvalue weighted by atomic mass is 32.1. The van der Waals surface area contributed by atoms with Gasteiger partial charge in [-0.2, -0.15) is 0 Å². The first-order valence-corrected chi connectivity index (χ1v) is 10.8. The molecule has 2 aromatic rings. The number of methoxy groups -OCH3 is 3. The Kier molecular flexibility index (Phi) is 6.41. The van der Waals surface area contributed by atoms with Crippen LogP contribution in [0.2, 0.25) is 0 Å². The number of anilines is 1. The molecule has 0 saturated carbocycles. The Bertz CT molecular complexity index is 935. The zero-order valence-electron chi connectivity index (χ0n) is 18.4. The van der Waals surface area contributed by atoms with Crippen LogP contribution in [0.15, 0.2) is 18.2 Å². The van der Waals surface area contributed by atoms with Crippen LogP contribution < -0.4 is 14.8 Å². The fraction of sp³-hybridized carbons (Fsp3) is 0.478. The van der Waals surface area contributed by atoms with E-state index in [1.807, 2.05) is 0 Å². The van der Waals surface area contributed by atoms with Gasteiger partial charge in [-0.05, 0) is 48.3 Å². The molecule has 1 aliphatic carbocycles. The second-order valence-corrected chi connectivity index (χ2v) is 9.67.